The van der Waals surface area contributed by atoms with E-state index in [4.69, 9.17) is 28.5 Å². The molecule has 1 aromatic carbocycles. The summed E-state index contributed by atoms with van der Waals surface area (Å²) in [5.74, 6) is -0.511. The van der Waals surface area contributed by atoms with Crippen LogP contribution in [0.2, 0.25) is 5.02 Å². The maximum atomic E-state index is 14.3. The number of hydrogen-bond acceptors (Lipinski definition) is 5. The second-order valence-corrected chi connectivity index (χ2v) is 7.75. The first-order valence-electron chi connectivity index (χ1n) is 9.64. The summed E-state index contributed by atoms with van der Waals surface area (Å²) in [6.07, 6.45) is 7.77. The topological polar surface area (TPSA) is 102 Å². The van der Waals surface area contributed by atoms with Gasteiger partial charge in [0, 0.05) is 34.6 Å². The van der Waals surface area contributed by atoms with Crippen LogP contribution < -0.4 is 11.5 Å². The molecule has 1 unspecified atom stereocenters. The van der Waals surface area contributed by atoms with Gasteiger partial charge in [-0.2, -0.15) is 0 Å². The molecule has 0 bridgehead atoms. The molecule has 2 aromatic heterocycles. The molecule has 0 fully saturated rings. The molecular weight excluding hydrogens is 401 g/mol. The first-order chi connectivity index (χ1) is 14.5. The molecule has 1 aliphatic carbocycles. The molecule has 1 aliphatic rings. The highest BCUT2D eigenvalue weighted by atomic mass is 35.5. The van der Waals surface area contributed by atoms with Crippen molar-refractivity contribution >= 4 is 45.7 Å². The first-order valence-corrected chi connectivity index (χ1v) is 10.0. The minimum Gasteiger partial charge on any atom is -0.398 e. The van der Waals surface area contributed by atoms with Crippen molar-refractivity contribution in [1.29, 1.82) is 5.41 Å². The highest BCUT2D eigenvalue weighted by molar-refractivity contribution is 6.31. The van der Waals surface area contributed by atoms with Crippen LogP contribution in [-0.2, 0) is 0 Å². The zero-order valence-corrected chi connectivity index (χ0v) is 17.0. The number of hydrogen-bond donors (Lipinski definition) is 3. The summed E-state index contributed by atoms with van der Waals surface area (Å²) < 4.78 is 14.3. The van der Waals surface area contributed by atoms with E-state index in [1.807, 2.05) is 18.3 Å². The number of nitrogens with zero attached hydrogens (tertiary/aromatic N) is 2. The molecule has 5 N–H and O–H groups in total. The van der Waals surface area contributed by atoms with E-state index in [1.54, 1.807) is 6.07 Å². The summed E-state index contributed by atoms with van der Waals surface area (Å²) in [6.45, 7) is 0. The minimum atomic E-state index is -0.511. The number of fused-ring (bicyclic) bond motifs is 1. The van der Waals surface area contributed by atoms with Gasteiger partial charge in [0.1, 0.15) is 5.82 Å². The van der Waals surface area contributed by atoms with Crippen LogP contribution in [0.25, 0.3) is 27.9 Å². The Morgan fingerprint density at radius 2 is 2.03 bits per heavy atom. The molecule has 0 saturated heterocycles. The Kier molecular flexibility index (Phi) is 5.61. The van der Waals surface area contributed by atoms with Gasteiger partial charge < -0.3 is 16.9 Å². The lowest BCUT2D eigenvalue weighted by molar-refractivity contribution is 0.614. The van der Waals surface area contributed by atoms with Crippen molar-refractivity contribution in [2.24, 2.45) is 11.5 Å². The zero-order chi connectivity index (χ0) is 21.3. The number of allylic oxidation sites excluding steroid dienone is 2. The highest BCUT2D eigenvalue weighted by Crippen LogP contribution is 2.29. The Balaban J connectivity index is 1.79. The quantitative estimate of drug-likeness (QED) is 0.527. The average Bonchev–Trinajstić information content (AvgIpc) is 2.76. The molecule has 0 amide bonds. The SMILES string of the molecule is N=CC(=C(N)c1cc(Cl)ccc1F)c1ccc2ncc(C3=CCC(N)CC3)cc2n1. The van der Waals surface area contributed by atoms with Crippen molar-refractivity contribution in [3.8, 4) is 0 Å². The van der Waals surface area contributed by atoms with E-state index in [9.17, 15) is 4.39 Å². The Hall–Kier alpha value is -3.09. The number of nitrogens with one attached hydrogen (secondary N) is 1. The van der Waals surface area contributed by atoms with E-state index in [1.165, 1.54) is 23.8 Å². The van der Waals surface area contributed by atoms with Crippen LogP contribution in [-0.4, -0.2) is 22.2 Å². The zero-order valence-electron chi connectivity index (χ0n) is 16.2. The van der Waals surface area contributed by atoms with Gasteiger partial charge >= 0.3 is 0 Å². The van der Waals surface area contributed by atoms with E-state index < -0.39 is 5.82 Å². The van der Waals surface area contributed by atoms with Crippen LogP contribution in [0.1, 0.15) is 36.1 Å². The van der Waals surface area contributed by atoms with Gasteiger partial charge in [0.05, 0.1) is 22.4 Å². The Morgan fingerprint density at radius 1 is 1.20 bits per heavy atom. The number of nitrogens with two attached hydrogens (primary N) is 2. The Morgan fingerprint density at radius 3 is 2.77 bits per heavy atom. The molecule has 0 spiro atoms. The summed E-state index contributed by atoms with van der Waals surface area (Å²) >= 11 is 5.99. The van der Waals surface area contributed by atoms with Gasteiger partial charge in [-0.3, -0.25) is 4.98 Å². The minimum absolute atomic E-state index is 0.102. The lowest BCUT2D eigenvalue weighted by Crippen LogP contribution is -2.21. The van der Waals surface area contributed by atoms with E-state index >= 15 is 0 Å². The van der Waals surface area contributed by atoms with Gasteiger partial charge in [-0.25, -0.2) is 9.37 Å². The lowest BCUT2D eigenvalue weighted by Gasteiger charge is -2.18. The van der Waals surface area contributed by atoms with E-state index in [2.05, 4.69) is 16.0 Å². The lowest BCUT2D eigenvalue weighted by atomic mass is 9.92. The summed E-state index contributed by atoms with van der Waals surface area (Å²) in [7, 11) is 0. The first kappa shape index (κ1) is 20.2. The molecule has 152 valence electrons. The standard InChI is InChI=1S/C23H21ClFN5/c24-15-3-6-19(25)17(10-15)23(28)18(11-26)20-7-8-21-22(30-20)9-14(12-29-21)13-1-4-16(27)5-2-13/h1,3,6-12,16,26H,2,4-5,27-28H2. The fourth-order valence-electron chi connectivity index (χ4n) is 3.59. The van der Waals surface area contributed by atoms with Crippen LogP contribution in [0.3, 0.4) is 0 Å². The van der Waals surface area contributed by atoms with Crippen LogP contribution in [0, 0.1) is 11.2 Å². The van der Waals surface area contributed by atoms with Crippen molar-refractivity contribution in [2.75, 3.05) is 0 Å². The number of rotatable bonds is 4. The number of aromatic nitrogens is 2. The average molecular weight is 422 g/mol. The molecule has 30 heavy (non-hydrogen) atoms. The smallest absolute Gasteiger partial charge is 0.132 e. The van der Waals surface area contributed by atoms with Gasteiger partial charge in [0.2, 0.25) is 0 Å². The normalized spacial score (nSPS) is 17.4. The van der Waals surface area contributed by atoms with E-state index in [-0.39, 0.29) is 17.3 Å². The summed E-state index contributed by atoms with van der Waals surface area (Å²) in [4.78, 5) is 9.17. The van der Waals surface area contributed by atoms with Crippen LogP contribution in [0.15, 0.2) is 48.7 Å². The van der Waals surface area contributed by atoms with Crippen LogP contribution >= 0.6 is 11.6 Å². The monoisotopic (exact) mass is 421 g/mol. The Bertz CT molecular complexity index is 1200. The maximum Gasteiger partial charge on any atom is 0.132 e. The molecular formula is C23H21ClFN5. The molecule has 0 radical (unpaired) electrons. The second-order valence-electron chi connectivity index (χ2n) is 7.32. The summed E-state index contributed by atoms with van der Waals surface area (Å²) in [5, 5.41) is 8.20. The van der Waals surface area contributed by atoms with Crippen LogP contribution in [0.5, 0.6) is 0 Å². The fraction of sp³-hybridized carbons (Fsp3) is 0.174. The highest BCUT2D eigenvalue weighted by Gasteiger charge is 2.15. The summed E-state index contributed by atoms with van der Waals surface area (Å²) in [6, 6.07) is 9.87. The molecule has 2 heterocycles. The molecule has 1 atom stereocenters. The largest absolute Gasteiger partial charge is 0.398 e. The number of pyridine rings is 2. The Labute approximate surface area is 178 Å². The van der Waals surface area contributed by atoms with Crippen molar-refractivity contribution < 1.29 is 4.39 Å². The van der Waals surface area contributed by atoms with E-state index in [0.717, 1.165) is 36.6 Å². The predicted molar refractivity (Wildman–Crippen MR) is 121 cm³/mol. The van der Waals surface area contributed by atoms with Gasteiger partial charge in [-0.05, 0) is 66.8 Å². The van der Waals surface area contributed by atoms with Crippen molar-refractivity contribution in [3.63, 3.8) is 0 Å². The third-order valence-electron chi connectivity index (χ3n) is 5.29. The predicted octanol–water partition coefficient (Wildman–Crippen LogP) is 4.79. The third kappa shape index (κ3) is 3.97. The molecule has 3 aromatic rings. The van der Waals surface area contributed by atoms with Gasteiger partial charge in [0.15, 0.2) is 0 Å². The molecule has 0 aliphatic heterocycles. The van der Waals surface area contributed by atoms with Crippen molar-refractivity contribution in [3.05, 3.63) is 76.3 Å². The second kappa shape index (κ2) is 8.34. The third-order valence-corrected chi connectivity index (χ3v) is 5.52. The fourth-order valence-corrected chi connectivity index (χ4v) is 3.76. The molecule has 5 nitrogen and oxygen atoms in total. The van der Waals surface area contributed by atoms with Gasteiger partial charge in [0.25, 0.3) is 0 Å². The van der Waals surface area contributed by atoms with Gasteiger partial charge in [-0.1, -0.05) is 17.7 Å². The van der Waals surface area contributed by atoms with Crippen LogP contribution in [0.4, 0.5) is 4.39 Å². The molecule has 7 heteroatoms. The van der Waals surface area contributed by atoms with Gasteiger partial charge in [-0.15, -0.1) is 0 Å². The van der Waals surface area contributed by atoms with Crippen molar-refractivity contribution in [2.45, 2.75) is 25.3 Å². The molecule has 0 saturated carbocycles. The molecule has 4 rings (SSSR count). The number of benzene rings is 1. The number of halogens is 2. The van der Waals surface area contributed by atoms with Crippen molar-refractivity contribution in [1.82, 2.24) is 9.97 Å². The maximum absolute atomic E-state index is 14.3. The summed E-state index contributed by atoms with van der Waals surface area (Å²) in [5.41, 5.74) is 16.8. The van der Waals surface area contributed by atoms with E-state index in [0.29, 0.717) is 21.8 Å².